The molecule has 0 atom stereocenters. The maximum Gasteiger partial charge on any atom is 0.267 e. The summed E-state index contributed by atoms with van der Waals surface area (Å²) >= 11 is 1.52. The minimum Gasteiger partial charge on any atom is -0.369 e. The van der Waals surface area contributed by atoms with Crippen LogP contribution in [0.2, 0.25) is 0 Å². The Morgan fingerprint density at radius 2 is 1.92 bits per heavy atom. The van der Waals surface area contributed by atoms with Crippen molar-refractivity contribution in [3.05, 3.63) is 40.0 Å². The van der Waals surface area contributed by atoms with E-state index in [4.69, 9.17) is 5.73 Å². The van der Waals surface area contributed by atoms with Gasteiger partial charge in [0.15, 0.2) is 0 Å². The van der Waals surface area contributed by atoms with Crippen molar-refractivity contribution in [3.63, 3.8) is 0 Å². The van der Waals surface area contributed by atoms with Gasteiger partial charge in [0.25, 0.3) is 5.56 Å². The Kier molecular flexibility index (Phi) is 4.95. The SMILES string of the molecule is CC(C)(C(=O)N1CCC(C(N)=O)CC1)n1nc(-c2cccs2)ccc1=O. The first kappa shape index (κ1) is 18.3. The van der Waals surface area contributed by atoms with Crippen LogP contribution in [0.5, 0.6) is 0 Å². The minimum atomic E-state index is -1.12. The smallest absolute Gasteiger partial charge is 0.267 e. The van der Waals surface area contributed by atoms with Crippen LogP contribution in [0.3, 0.4) is 0 Å². The average Bonchev–Trinajstić information content (AvgIpc) is 3.16. The molecule has 8 heteroatoms. The first-order chi connectivity index (χ1) is 12.3. The second kappa shape index (κ2) is 7.03. The molecule has 1 aliphatic rings. The normalized spacial score (nSPS) is 15.8. The summed E-state index contributed by atoms with van der Waals surface area (Å²) in [6.45, 7) is 4.30. The van der Waals surface area contributed by atoms with Gasteiger partial charge in [0.05, 0.1) is 4.88 Å². The fourth-order valence-electron chi connectivity index (χ4n) is 3.21. The van der Waals surface area contributed by atoms with Crippen molar-refractivity contribution >= 4 is 23.2 Å². The number of aromatic nitrogens is 2. The van der Waals surface area contributed by atoms with Gasteiger partial charge in [-0.1, -0.05) is 6.07 Å². The van der Waals surface area contributed by atoms with Crippen molar-refractivity contribution in [1.82, 2.24) is 14.7 Å². The zero-order chi connectivity index (χ0) is 18.9. The van der Waals surface area contributed by atoms with E-state index in [1.807, 2.05) is 17.5 Å². The molecule has 0 spiro atoms. The third-order valence-corrected chi connectivity index (χ3v) is 5.70. The molecule has 0 saturated carbocycles. The molecule has 2 amide bonds. The van der Waals surface area contributed by atoms with Gasteiger partial charge in [0.1, 0.15) is 11.2 Å². The highest BCUT2D eigenvalue weighted by molar-refractivity contribution is 7.13. The topological polar surface area (TPSA) is 98.3 Å². The number of piperidine rings is 1. The van der Waals surface area contributed by atoms with Crippen molar-refractivity contribution in [1.29, 1.82) is 0 Å². The lowest BCUT2D eigenvalue weighted by Crippen LogP contribution is -2.53. The third-order valence-electron chi connectivity index (χ3n) is 4.81. The summed E-state index contributed by atoms with van der Waals surface area (Å²) in [5.74, 6) is -0.693. The van der Waals surface area contributed by atoms with Gasteiger partial charge >= 0.3 is 0 Å². The number of carbonyl (C=O) groups is 2. The molecule has 0 aliphatic carbocycles. The molecule has 1 saturated heterocycles. The lowest BCUT2D eigenvalue weighted by atomic mass is 9.94. The Balaban J connectivity index is 1.86. The van der Waals surface area contributed by atoms with Crippen LogP contribution in [-0.2, 0) is 15.1 Å². The Hall–Kier alpha value is -2.48. The van der Waals surface area contributed by atoms with Crippen LogP contribution in [-0.4, -0.2) is 39.6 Å². The van der Waals surface area contributed by atoms with E-state index in [0.717, 1.165) is 4.88 Å². The summed E-state index contributed by atoms with van der Waals surface area (Å²) in [5.41, 5.74) is 4.57. The molecule has 2 aromatic heterocycles. The van der Waals surface area contributed by atoms with Gasteiger partial charge in [-0.05, 0) is 44.2 Å². The molecule has 0 bridgehead atoms. The Bertz CT molecular complexity index is 865. The van der Waals surface area contributed by atoms with Gasteiger partial charge < -0.3 is 10.6 Å². The van der Waals surface area contributed by atoms with Gasteiger partial charge in [-0.25, -0.2) is 4.68 Å². The predicted molar refractivity (Wildman–Crippen MR) is 99.6 cm³/mol. The van der Waals surface area contributed by atoms with Crippen LogP contribution >= 0.6 is 11.3 Å². The van der Waals surface area contributed by atoms with Crippen LogP contribution in [0, 0.1) is 5.92 Å². The summed E-state index contributed by atoms with van der Waals surface area (Å²) in [5, 5.41) is 6.37. The van der Waals surface area contributed by atoms with E-state index in [-0.39, 0.29) is 23.3 Å². The van der Waals surface area contributed by atoms with Crippen LogP contribution in [0.1, 0.15) is 26.7 Å². The zero-order valence-electron chi connectivity index (χ0n) is 14.8. The molecule has 26 heavy (non-hydrogen) atoms. The molecule has 0 unspecified atom stereocenters. The summed E-state index contributed by atoms with van der Waals surface area (Å²) in [6, 6.07) is 6.95. The number of primary amides is 1. The highest BCUT2D eigenvalue weighted by Crippen LogP contribution is 2.25. The number of hydrogen-bond donors (Lipinski definition) is 1. The molecule has 3 rings (SSSR count). The number of likely N-dealkylation sites (tertiary alicyclic amines) is 1. The minimum absolute atomic E-state index is 0.182. The second-order valence-corrected chi connectivity index (χ2v) is 7.92. The molecular formula is C18H22N4O3S. The van der Waals surface area contributed by atoms with Crippen molar-refractivity contribution in [2.75, 3.05) is 13.1 Å². The van der Waals surface area contributed by atoms with E-state index in [2.05, 4.69) is 5.10 Å². The Morgan fingerprint density at radius 3 is 2.50 bits per heavy atom. The Morgan fingerprint density at radius 1 is 1.23 bits per heavy atom. The number of thiophene rings is 1. The van der Waals surface area contributed by atoms with Gasteiger partial charge in [-0.3, -0.25) is 14.4 Å². The molecule has 3 heterocycles. The summed E-state index contributed by atoms with van der Waals surface area (Å²) in [6.07, 6.45) is 1.10. The molecule has 0 radical (unpaired) electrons. The molecule has 2 aromatic rings. The average molecular weight is 374 g/mol. The zero-order valence-corrected chi connectivity index (χ0v) is 15.7. The molecule has 7 nitrogen and oxygen atoms in total. The van der Waals surface area contributed by atoms with E-state index in [9.17, 15) is 14.4 Å². The summed E-state index contributed by atoms with van der Waals surface area (Å²) in [7, 11) is 0. The number of amides is 2. The molecule has 0 aromatic carbocycles. The first-order valence-electron chi connectivity index (χ1n) is 8.54. The van der Waals surface area contributed by atoms with Crippen LogP contribution in [0.4, 0.5) is 0 Å². The molecule has 1 fully saturated rings. The Labute approximate surface area is 155 Å². The fraction of sp³-hybridized carbons (Fsp3) is 0.444. The van der Waals surface area contributed by atoms with E-state index < -0.39 is 5.54 Å². The number of rotatable bonds is 4. The maximum absolute atomic E-state index is 13.1. The monoisotopic (exact) mass is 374 g/mol. The lowest BCUT2D eigenvalue weighted by Gasteiger charge is -2.36. The van der Waals surface area contributed by atoms with Gasteiger partial charge in [-0.2, -0.15) is 5.10 Å². The van der Waals surface area contributed by atoms with E-state index >= 15 is 0 Å². The standard InChI is InChI=1S/C18H22N4O3S/c1-18(2,17(25)21-9-7-12(8-10-21)16(19)24)22-15(23)6-5-13(20-22)14-4-3-11-26-14/h3-6,11-12H,7-10H2,1-2H3,(H2,19,24). The van der Waals surface area contributed by atoms with Crippen molar-refractivity contribution in [2.24, 2.45) is 11.7 Å². The maximum atomic E-state index is 13.1. The third kappa shape index (κ3) is 3.41. The number of hydrogen-bond acceptors (Lipinski definition) is 5. The first-order valence-corrected chi connectivity index (χ1v) is 9.42. The van der Waals surface area contributed by atoms with E-state index in [1.165, 1.54) is 22.1 Å². The lowest BCUT2D eigenvalue weighted by molar-refractivity contribution is -0.142. The van der Waals surface area contributed by atoms with E-state index in [0.29, 0.717) is 31.6 Å². The van der Waals surface area contributed by atoms with Crippen LogP contribution in [0.25, 0.3) is 10.6 Å². The predicted octanol–water partition coefficient (Wildman–Crippen LogP) is 1.43. The van der Waals surface area contributed by atoms with Crippen molar-refractivity contribution in [3.8, 4) is 10.6 Å². The summed E-state index contributed by atoms with van der Waals surface area (Å²) in [4.78, 5) is 39.4. The largest absolute Gasteiger partial charge is 0.369 e. The fourth-order valence-corrected chi connectivity index (χ4v) is 3.90. The van der Waals surface area contributed by atoms with Gasteiger partial charge in [-0.15, -0.1) is 11.3 Å². The molecule has 138 valence electrons. The number of carbonyl (C=O) groups excluding carboxylic acids is 2. The molecule has 2 N–H and O–H groups in total. The summed E-state index contributed by atoms with van der Waals surface area (Å²) < 4.78 is 1.25. The van der Waals surface area contributed by atoms with Crippen molar-refractivity contribution < 1.29 is 9.59 Å². The van der Waals surface area contributed by atoms with Crippen LogP contribution < -0.4 is 11.3 Å². The number of nitrogens with two attached hydrogens (primary N) is 1. The highest BCUT2D eigenvalue weighted by atomic mass is 32.1. The second-order valence-electron chi connectivity index (χ2n) is 6.97. The highest BCUT2D eigenvalue weighted by Gasteiger charge is 2.38. The molecule has 1 aliphatic heterocycles. The number of nitrogens with zero attached hydrogens (tertiary/aromatic N) is 3. The van der Waals surface area contributed by atoms with E-state index in [1.54, 1.807) is 24.8 Å². The van der Waals surface area contributed by atoms with Gasteiger partial charge in [0, 0.05) is 25.1 Å². The molecular weight excluding hydrogens is 352 g/mol. The quantitative estimate of drug-likeness (QED) is 0.875. The van der Waals surface area contributed by atoms with Gasteiger partial charge in [0.2, 0.25) is 11.8 Å². The van der Waals surface area contributed by atoms with Crippen LogP contribution in [0.15, 0.2) is 34.4 Å². The van der Waals surface area contributed by atoms with Crippen molar-refractivity contribution in [2.45, 2.75) is 32.2 Å².